The molecule has 2 heterocycles. The molecule has 1 saturated carbocycles. The van der Waals surface area contributed by atoms with Crippen LogP contribution in [0.2, 0.25) is 5.02 Å². The van der Waals surface area contributed by atoms with Crippen molar-refractivity contribution in [2.45, 2.75) is 42.6 Å². The van der Waals surface area contributed by atoms with Gasteiger partial charge in [-0.2, -0.15) is 0 Å². The van der Waals surface area contributed by atoms with E-state index in [-0.39, 0.29) is 11.0 Å². The van der Waals surface area contributed by atoms with Gasteiger partial charge in [-0.05, 0) is 43.3 Å². The zero-order valence-electron chi connectivity index (χ0n) is 14.3. The van der Waals surface area contributed by atoms with Crippen LogP contribution in [-0.4, -0.2) is 25.8 Å². The normalized spacial score (nSPS) is 15.2. The SMILES string of the molecule is C[C@@H](Sc1nnc(Cc2cccs2)n1C1CC1)C(=O)c1cccc(Cl)c1. The number of aromatic nitrogens is 3. The van der Waals surface area contributed by atoms with E-state index in [0.29, 0.717) is 16.6 Å². The van der Waals surface area contributed by atoms with Crippen molar-refractivity contribution in [3.8, 4) is 0 Å². The Bertz CT molecular complexity index is 919. The second-order valence-corrected chi connectivity index (χ2v) is 9.17. The number of ketones is 1. The Kier molecular flexibility index (Phi) is 5.16. The fourth-order valence-electron chi connectivity index (χ4n) is 2.86. The molecular formula is C19H18ClN3OS2. The van der Waals surface area contributed by atoms with Crippen LogP contribution in [0.3, 0.4) is 0 Å². The summed E-state index contributed by atoms with van der Waals surface area (Å²) < 4.78 is 2.23. The van der Waals surface area contributed by atoms with E-state index < -0.39 is 0 Å². The van der Waals surface area contributed by atoms with Crippen molar-refractivity contribution in [3.05, 3.63) is 63.1 Å². The number of nitrogens with zero attached hydrogens (tertiary/aromatic N) is 3. The number of thioether (sulfide) groups is 1. The lowest BCUT2D eigenvalue weighted by Gasteiger charge is -2.12. The summed E-state index contributed by atoms with van der Waals surface area (Å²) in [5.74, 6) is 1.04. The molecule has 0 radical (unpaired) electrons. The van der Waals surface area contributed by atoms with Crippen LogP contribution in [0.5, 0.6) is 0 Å². The molecule has 1 aromatic carbocycles. The van der Waals surface area contributed by atoms with Gasteiger partial charge in [-0.1, -0.05) is 41.6 Å². The van der Waals surface area contributed by atoms with Crippen molar-refractivity contribution in [3.63, 3.8) is 0 Å². The fraction of sp³-hybridized carbons (Fsp3) is 0.316. The number of hydrogen-bond acceptors (Lipinski definition) is 5. The number of Topliss-reactive ketones (excluding diaryl/α,β-unsaturated/α-hetero) is 1. The van der Waals surface area contributed by atoms with Gasteiger partial charge >= 0.3 is 0 Å². The molecule has 26 heavy (non-hydrogen) atoms. The van der Waals surface area contributed by atoms with Crippen molar-refractivity contribution in [2.75, 3.05) is 0 Å². The minimum absolute atomic E-state index is 0.0580. The summed E-state index contributed by atoms with van der Waals surface area (Å²) in [6.45, 7) is 1.92. The molecule has 7 heteroatoms. The third-order valence-corrected chi connectivity index (χ3v) is 6.49. The second-order valence-electron chi connectivity index (χ2n) is 6.39. The van der Waals surface area contributed by atoms with Gasteiger partial charge in [0, 0.05) is 27.9 Å². The predicted octanol–water partition coefficient (Wildman–Crippen LogP) is 5.28. The third-order valence-electron chi connectivity index (χ3n) is 4.32. The van der Waals surface area contributed by atoms with Gasteiger partial charge in [0.1, 0.15) is 5.82 Å². The van der Waals surface area contributed by atoms with E-state index >= 15 is 0 Å². The van der Waals surface area contributed by atoms with E-state index in [1.54, 1.807) is 35.6 Å². The highest BCUT2D eigenvalue weighted by molar-refractivity contribution is 8.00. The maximum Gasteiger partial charge on any atom is 0.192 e. The molecule has 1 aliphatic carbocycles. The van der Waals surface area contributed by atoms with Gasteiger partial charge in [-0.15, -0.1) is 21.5 Å². The van der Waals surface area contributed by atoms with E-state index in [4.69, 9.17) is 11.6 Å². The molecule has 134 valence electrons. The number of carbonyl (C=O) groups is 1. The van der Waals surface area contributed by atoms with Crippen molar-refractivity contribution < 1.29 is 4.79 Å². The van der Waals surface area contributed by atoms with Crippen LogP contribution in [0.1, 0.15) is 46.9 Å². The molecule has 0 unspecified atom stereocenters. The van der Waals surface area contributed by atoms with Crippen LogP contribution in [0.4, 0.5) is 0 Å². The van der Waals surface area contributed by atoms with Crippen LogP contribution in [0.15, 0.2) is 46.9 Å². The van der Waals surface area contributed by atoms with Crippen molar-refractivity contribution in [1.29, 1.82) is 0 Å². The molecule has 0 bridgehead atoms. The Morgan fingerprint density at radius 2 is 2.19 bits per heavy atom. The summed E-state index contributed by atoms with van der Waals surface area (Å²) in [4.78, 5) is 14.0. The molecule has 1 fully saturated rings. The average molecular weight is 404 g/mol. The highest BCUT2D eigenvalue weighted by atomic mass is 35.5. The van der Waals surface area contributed by atoms with Crippen LogP contribution in [-0.2, 0) is 6.42 Å². The summed E-state index contributed by atoms with van der Waals surface area (Å²) in [6.07, 6.45) is 3.09. The summed E-state index contributed by atoms with van der Waals surface area (Å²) in [7, 11) is 0. The van der Waals surface area contributed by atoms with Crippen molar-refractivity contribution in [1.82, 2.24) is 14.8 Å². The first kappa shape index (κ1) is 17.8. The Morgan fingerprint density at radius 3 is 2.88 bits per heavy atom. The van der Waals surface area contributed by atoms with Crippen LogP contribution >= 0.6 is 34.7 Å². The third kappa shape index (κ3) is 3.87. The molecule has 4 rings (SSSR count). The zero-order valence-corrected chi connectivity index (χ0v) is 16.7. The summed E-state index contributed by atoms with van der Waals surface area (Å²) in [5.41, 5.74) is 0.633. The van der Waals surface area contributed by atoms with Crippen LogP contribution in [0.25, 0.3) is 0 Å². The first-order chi connectivity index (χ1) is 12.6. The highest BCUT2D eigenvalue weighted by Gasteiger charge is 2.31. The smallest absolute Gasteiger partial charge is 0.192 e. The minimum atomic E-state index is -0.246. The topological polar surface area (TPSA) is 47.8 Å². The Balaban J connectivity index is 1.54. The Hall–Kier alpha value is -1.63. The van der Waals surface area contributed by atoms with Crippen molar-refractivity contribution >= 4 is 40.5 Å². The van der Waals surface area contributed by atoms with Gasteiger partial charge in [0.15, 0.2) is 10.9 Å². The molecule has 0 N–H and O–H groups in total. The highest BCUT2D eigenvalue weighted by Crippen LogP contribution is 2.40. The Labute approximate surface area is 165 Å². The first-order valence-corrected chi connectivity index (χ1v) is 10.7. The number of rotatable bonds is 7. The summed E-state index contributed by atoms with van der Waals surface area (Å²) in [6, 6.07) is 11.7. The molecule has 2 aromatic heterocycles. The number of halogens is 1. The molecule has 1 atom stereocenters. The van der Waals surface area contributed by atoms with Gasteiger partial charge in [-0.25, -0.2) is 0 Å². The molecule has 0 saturated heterocycles. The molecular weight excluding hydrogens is 386 g/mol. The van der Waals surface area contributed by atoms with E-state index in [2.05, 4.69) is 32.3 Å². The standard InChI is InChI=1S/C19H18ClN3OS2/c1-12(18(24)13-4-2-5-14(20)10-13)26-19-22-21-17(23(19)15-7-8-15)11-16-6-3-9-25-16/h2-6,9-10,12,15H,7-8,11H2,1H3/t12-/m1/s1. The van der Waals surface area contributed by atoms with E-state index in [0.717, 1.165) is 30.2 Å². The predicted molar refractivity (Wildman–Crippen MR) is 107 cm³/mol. The first-order valence-electron chi connectivity index (χ1n) is 8.54. The lowest BCUT2D eigenvalue weighted by molar-refractivity contribution is 0.0994. The average Bonchev–Trinajstić information content (AvgIpc) is 3.19. The van der Waals surface area contributed by atoms with E-state index in [1.807, 2.05) is 6.92 Å². The second kappa shape index (κ2) is 7.55. The number of thiophene rings is 1. The molecule has 0 amide bonds. The molecule has 0 aliphatic heterocycles. The van der Waals surface area contributed by atoms with E-state index in [9.17, 15) is 4.79 Å². The maximum atomic E-state index is 12.7. The van der Waals surface area contributed by atoms with Crippen LogP contribution < -0.4 is 0 Å². The number of carbonyl (C=O) groups excluding carboxylic acids is 1. The monoisotopic (exact) mass is 403 g/mol. The molecule has 4 nitrogen and oxygen atoms in total. The lowest BCUT2D eigenvalue weighted by Crippen LogP contribution is -2.15. The largest absolute Gasteiger partial charge is 0.303 e. The van der Waals surface area contributed by atoms with Crippen LogP contribution in [0, 0.1) is 0 Å². The lowest BCUT2D eigenvalue weighted by atomic mass is 10.1. The summed E-state index contributed by atoms with van der Waals surface area (Å²) in [5, 5.41) is 12.1. The Morgan fingerprint density at radius 1 is 1.35 bits per heavy atom. The van der Waals surface area contributed by atoms with Gasteiger partial charge in [0.05, 0.1) is 5.25 Å². The maximum absolute atomic E-state index is 12.7. The van der Waals surface area contributed by atoms with Gasteiger partial charge in [-0.3, -0.25) is 4.79 Å². The van der Waals surface area contributed by atoms with E-state index in [1.165, 1.54) is 16.6 Å². The zero-order chi connectivity index (χ0) is 18.1. The number of hydrogen-bond donors (Lipinski definition) is 0. The molecule has 0 spiro atoms. The number of benzene rings is 1. The van der Waals surface area contributed by atoms with Gasteiger partial charge in [0.2, 0.25) is 0 Å². The minimum Gasteiger partial charge on any atom is -0.303 e. The van der Waals surface area contributed by atoms with Gasteiger partial charge < -0.3 is 4.57 Å². The fourth-order valence-corrected chi connectivity index (χ4v) is 4.77. The molecule has 3 aromatic rings. The quantitative estimate of drug-likeness (QED) is 0.397. The van der Waals surface area contributed by atoms with Crippen molar-refractivity contribution in [2.24, 2.45) is 0 Å². The van der Waals surface area contributed by atoms with Gasteiger partial charge in [0.25, 0.3) is 0 Å². The summed E-state index contributed by atoms with van der Waals surface area (Å²) >= 11 is 9.23. The molecule has 1 aliphatic rings.